The molecule has 0 heterocycles. The Morgan fingerprint density at radius 2 is 1.81 bits per heavy atom. The number of rotatable bonds is 6. The molecule has 21 heavy (non-hydrogen) atoms. The van der Waals surface area contributed by atoms with Gasteiger partial charge in [-0.1, -0.05) is 0 Å². The van der Waals surface area contributed by atoms with Crippen molar-refractivity contribution < 1.29 is 22.7 Å². The van der Waals surface area contributed by atoms with Crippen LogP contribution in [0.5, 0.6) is 11.5 Å². The van der Waals surface area contributed by atoms with Crippen LogP contribution in [0.4, 0.5) is 0 Å². The number of hydrogen-bond acceptors (Lipinski definition) is 5. The van der Waals surface area contributed by atoms with Crippen molar-refractivity contribution in [3.63, 3.8) is 0 Å². The van der Waals surface area contributed by atoms with Crippen molar-refractivity contribution in [1.82, 2.24) is 0 Å². The zero-order chi connectivity index (χ0) is 16.3. The summed E-state index contributed by atoms with van der Waals surface area (Å²) in [6.07, 6.45) is 0. The van der Waals surface area contributed by atoms with Gasteiger partial charge in [0.25, 0.3) is 0 Å². The Kier molecular flexibility index (Phi) is 5.39. The molecule has 1 rings (SSSR count). The number of ether oxygens (including phenoxy) is 2. The molecule has 1 aromatic carbocycles. The smallest absolute Gasteiger partial charge is 0.161 e. The van der Waals surface area contributed by atoms with Gasteiger partial charge in [0.2, 0.25) is 0 Å². The predicted octanol–water partition coefficient (Wildman–Crippen LogP) is 2.49. The van der Waals surface area contributed by atoms with E-state index in [0.29, 0.717) is 17.1 Å². The summed E-state index contributed by atoms with van der Waals surface area (Å²) in [5.41, 5.74) is 0.515. The highest BCUT2D eigenvalue weighted by molar-refractivity contribution is 7.92. The van der Waals surface area contributed by atoms with E-state index in [9.17, 15) is 13.2 Å². The number of Topliss-reactive ketones (excluding diaryl/α,β-unsaturated/α-hetero) is 1. The number of methoxy groups -OCH3 is 1. The number of carbonyl (C=O) groups excluding carboxylic acids is 1. The monoisotopic (exact) mass is 314 g/mol. The van der Waals surface area contributed by atoms with Crippen LogP contribution in [0.3, 0.4) is 0 Å². The maximum Gasteiger partial charge on any atom is 0.161 e. The van der Waals surface area contributed by atoms with Crippen LogP contribution < -0.4 is 9.47 Å². The van der Waals surface area contributed by atoms with Crippen molar-refractivity contribution in [1.29, 1.82) is 0 Å². The zero-order valence-electron chi connectivity index (χ0n) is 13.1. The Labute approximate surface area is 126 Å². The third kappa shape index (κ3) is 4.46. The first-order valence-corrected chi connectivity index (χ1v) is 8.28. The van der Waals surface area contributed by atoms with E-state index < -0.39 is 14.6 Å². The van der Waals surface area contributed by atoms with Crippen LogP contribution in [0.2, 0.25) is 0 Å². The lowest BCUT2D eigenvalue weighted by Gasteiger charge is -2.19. The first kappa shape index (κ1) is 17.5. The molecule has 1 aromatic rings. The van der Waals surface area contributed by atoms with Gasteiger partial charge in [-0.2, -0.15) is 0 Å². The van der Waals surface area contributed by atoms with Crippen LogP contribution in [0, 0.1) is 0 Å². The fraction of sp³-hybridized carbons (Fsp3) is 0.533. The average Bonchev–Trinajstić information content (AvgIpc) is 2.37. The number of ketones is 1. The molecule has 6 heteroatoms. The van der Waals surface area contributed by atoms with Crippen molar-refractivity contribution >= 4 is 15.6 Å². The van der Waals surface area contributed by atoms with E-state index in [4.69, 9.17) is 9.47 Å². The molecule has 5 nitrogen and oxygen atoms in total. The molecule has 0 spiro atoms. The van der Waals surface area contributed by atoms with Gasteiger partial charge in [-0.05, 0) is 45.9 Å². The van der Waals surface area contributed by atoms with E-state index in [1.54, 1.807) is 39.0 Å². The van der Waals surface area contributed by atoms with Crippen LogP contribution in [0.25, 0.3) is 0 Å². The van der Waals surface area contributed by atoms with E-state index >= 15 is 0 Å². The molecule has 0 amide bonds. The maximum atomic E-state index is 12.0. The second-order valence-electron chi connectivity index (χ2n) is 5.70. The molecule has 0 aliphatic carbocycles. The summed E-state index contributed by atoms with van der Waals surface area (Å²) < 4.78 is 33.8. The number of carbonyl (C=O) groups is 1. The molecule has 0 saturated carbocycles. The van der Waals surface area contributed by atoms with E-state index in [2.05, 4.69) is 0 Å². The van der Waals surface area contributed by atoms with Crippen molar-refractivity contribution in [3.05, 3.63) is 23.8 Å². The van der Waals surface area contributed by atoms with Gasteiger partial charge in [-0.25, -0.2) is 8.42 Å². The first-order chi connectivity index (χ1) is 9.58. The lowest BCUT2D eigenvalue weighted by atomic mass is 10.1. The minimum Gasteiger partial charge on any atom is -0.493 e. The fourth-order valence-corrected chi connectivity index (χ4v) is 2.49. The Morgan fingerprint density at radius 3 is 2.29 bits per heavy atom. The number of sulfone groups is 1. The van der Waals surface area contributed by atoms with Gasteiger partial charge in [0.05, 0.1) is 17.6 Å². The average molecular weight is 314 g/mol. The van der Waals surface area contributed by atoms with E-state index in [1.807, 2.05) is 0 Å². The van der Waals surface area contributed by atoms with Gasteiger partial charge in [0.15, 0.2) is 27.1 Å². The highest BCUT2D eigenvalue weighted by Gasteiger charge is 2.28. The quantitative estimate of drug-likeness (QED) is 0.755. The van der Waals surface area contributed by atoms with Crippen molar-refractivity contribution in [3.8, 4) is 11.5 Å². The minimum atomic E-state index is -3.23. The Hall–Kier alpha value is -1.56. The molecule has 118 valence electrons. The molecule has 0 aromatic heterocycles. The molecule has 0 aliphatic heterocycles. The van der Waals surface area contributed by atoms with E-state index in [-0.39, 0.29) is 18.1 Å². The highest BCUT2D eigenvalue weighted by atomic mass is 32.2. The predicted molar refractivity (Wildman–Crippen MR) is 82.0 cm³/mol. The summed E-state index contributed by atoms with van der Waals surface area (Å²) in [5, 5.41) is 0. The highest BCUT2D eigenvalue weighted by Crippen LogP contribution is 2.28. The van der Waals surface area contributed by atoms with Gasteiger partial charge < -0.3 is 9.47 Å². The topological polar surface area (TPSA) is 69.7 Å². The van der Waals surface area contributed by atoms with E-state index in [0.717, 1.165) is 0 Å². The van der Waals surface area contributed by atoms with Crippen molar-refractivity contribution in [2.24, 2.45) is 0 Å². The van der Waals surface area contributed by atoms with Gasteiger partial charge in [0.1, 0.15) is 6.61 Å². The first-order valence-electron chi connectivity index (χ1n) is 6.62. The SMILES string of the molecule is COc1cc(C(C)=O)ccc1OCCS(=O)(=O)C(C)(C)C. The van der Waals surface area contributed by atoms with Crippen LogP contribution in [-0.2, 0) is 9.84 Å². The third-order valence-electron chi connectivity index (χ3n) is 3.11. The maximum absolute atomic E-state index is 12.0. The summed E-state index contributed by atoms with van der Waals surface area (Å²) in [7, 11) is -1.76. The second kappa shape index (κ2) is 6.47. The molecule has 0 N–H and O–H groups in total. The normalized spacial score (nSPS) is 12.0. The van der Waals surface area contributed by atoms with Crippen molar-refractivity contribution in [2.75, 3.05) is 19.5 Å². The Bertz CT molecular complexity index is 611. The zero-order valence-corrected chi connectivity index (χ0v) is 13.9. The van der Waals surface area contributed by atoms with Crippen LogP contribution in [0.15, 0.2) is 18.2 Å². The molecule has 0 bridgehead atoms. The van der Waals surface area contributed by atoms with Gasteiger partial charge >= 0.3 is 0 Å². The second-order valence-corrected chi connectivity index (χ2v) is 8.56. The van der Waals surface area contributed by atoms with Crippen LogP contribution in [0.1, 0.15) is 38.1 Å². The molecule has 0 unspecified atom stereocenters. The van der Waals surface area contributed by atoms with Crippen molar-refractivity contribution in [2.45, 2.75) is 32.4 Å². The Morgan fingerprint density at radius 1 is 1.19 bits per heavy atom. The van der Waals surface area contributed by atoms with Gasteiger partial charge in [0, 0.05) is 5.56 Å². The molecule has 0 atom stereocenters. The summed E-state index contributed by atoms with van der Waals surface area (Å²) in [4.78, 5) is 11.3. The lowest BCUT2D eigenvalue weighted by molar-refractivity contribution is 0.101. The van der Waals surface area contributed by atoms with E-state index in [1.165, 1.54) is 14.0 Å². The molecule has 0 fully saturated rings. The molecular formula is C15H22O5S. The summed E-state index contributed by atoms with van der Waals surface area (Å²) >= 11 is 0. The number of benzene rings is 1. The Balaban J connectivity index is 2.79. The molecule has 0 aliphatic rings. The molecule has 0 saturated heterocycles. The number of hydrogen-bond donors (Lipinski definition) is 0. The van der Waals surface area contributed by atoms with Gasteiger partial charge in [-0.3, -0.25) is 4.79 Å². The standard InChI is InChI=1S/C15H22O5S/c1-11(16)12-6-7-13(14(10-12)19-5)20-8-9-21(17,18)15(2,3)4/h6-7,10H,8-9H2,1-5H3. The molecule has 0 radical (unpaired) electrons. The third-order valence-corrected chi connectivity index (χ3v) is 5.68. The fourth-order valence-electron chi connectivity index (χ4n) is 1.57. The minimum absolute atomic E-state index is 0.0371. The molecular weight excluding hydrogens is 292 g/mol. The summed E-state index contributed by atoms with van der Waals surface area (Å²) in [6.45, 7) is 6.47. The summed E-state index contributed by atoms with van der Waals surface area (Å²) in [6, 6.07) is 4.81. The summed E-state index contributed by atoms with van der Waals surface area (Å²) in [5.74, 6) is 0.686. The lowest BCUT2D eigenvalue weighted by Crippen LogP contribution is -2.32. The van der Waals surface area contributed by atoms with Crippen LogP contribution >= 0.6 is 0 Å². The van der Waals surface area contributed by atoms with Gasteiger partial charge in [-0.15, -0.1) is 0 Å². The van der Waals surface area contributed by atoms with Crippen LogP contribution in [-0.4, -0.2) is 38.4 Å². The largest absolute Gasteiger partial charge is 0.493 e.